The fraction of sp³-hybridized carbons (Fsp3) is 0.333. The highest BCUT2D eigenvalue weighted by atomic mass is 79.9. The lowest BCUT2D eigenvalue weighted by atomic mass is 9.95. The van der Waals surface area contributed by atoms with E-state index in [9.17, 15) is 9.90 Å². The number of benzene rings is 1. The number of aromatic nitrogens is 2. The molecule has 5 nitrogen and oxygen atoms in total. The Bertz CT molecular complexity index is 709. The van der Waals surface area contributed by atoms with Crippen molar-refractivity contribution in [2.45, 2.75) is 25.7 Å². The van der Waals surface area contributed by atoms with Crippen molar-refractivity contribution in [3.05, 3.63) is 39.6 Å². The third kappa shape index (κ3) is 2.44. The molecule has 1 heterocycles. The monoisotopic (exact) mass is 350 g/mol. The molecule has 6 heteroatoms. The van der Waals surface area contributed by atoms with E-state index in [0.29, 0.717) is 5.75 Å². The zero-order chi connectivity index (χ0) is 15.0. The summed E-state index contributed by atoms with van der Waals surface area (Å²) in [6.45, 7) is 0. The summed E-state index contributed by atoms with van der Waals surface area (Å²) >= 11 is 3.42. The van der Waals surface area contributed by atoms with Crippen LogP contribution in [0, 0.1) is 0 Å². The molecular formula is C15H15BrN2O3. The molecule has 0 aliphatic heterocycles. The second-order valence-electron chi connectivity index (χ2n) is 5.02. The van der Waals surface area contributed by atoms with E-state index in [2.05, 4.69) is 21.0 Å². The van der Waals surface area contributed by atoms with Crippen LogP contribution in [0.2, 0.25) is 0 Å². The molecule has 0 atom stereocenters. The van der Waals surface area contributed by atoms with E-state index in [4.69, 9.17) is 4.74 Å². The fourth-order valence-electron chi connectivity index (χ4n) is 2.76. The highest BCUT2D eigenvalue weighted by Crippen LogP contribution is 2.31. The number of fused-ring (bicyclic) bond motifs is 1. The molecule has 1 aromatic heterocycles. The molecule has 0 unspecified atom stereocenters. The number of aromatic carboxylic acids is 1. The Morgan fingerprint density at radius 2 is 2.14 bits per heavy atom. The lowest BCUT2D eigenvalue weighted by molar-refractivity contribution is 0.0688. The third-order valence-electron chi connectivity index (χ3n) is 3.76. The maximum atomic E-state index is 11.4. The first kappa shape index (κ1) is 14.1. The number of carboxylic acids is 1. The Balaban J connectivity index is 2.16. The molecule has 0 spiro atoms. The average Bonchev–Trinajstić information content (AvgIpc) is 2.88. The van der Waals surface area contributed by atoms with E-state index in [1.54, 1.807) is 11.8 Å². The van der Waals surface area contributed by atoms with Crippen molar-refractivity contribution in [1.29, 1.82) is 0 Å². The molecule has 0 saturated carbocycles. The summed E-state index contributed by atoms with van der Waals surface area (Å²) in [5.41, 5.74) is 2.87. The standard InChI is InChI=1S/C15H15BrN2O3/c1-21-13-8-9(6-7-11(13)16)18-12-5-3-2-4-10(12)14(17-18)15(19)20/h6-8H,2-5H2,1H3,(H,19,20). The minimum Gasteiger partial charge on any atom is -0.495 e. The SMILES string of the molecule is COc1cc(-n2nc(C(=O)O)c3c2CCCC3)ccc1Br. The lowest BCUT2D eigenvalue weighted by Crippen LogP contribution is -2.08. The van der Waals surface area contributed by atoms with Crippen LogP contribution >= 0.6 is 15.9 Å². The second-order valence-corrected chi connectivity index (χ2v) is 5.87. The van der Waals surface area contributed by atoms with Gasteiger partial charge in [-0.3, -0.25) is 0 Å². The fourth-order valence-corrected chi connectivity index (χ4v) is 3.17. The van der Waals surface area contributed by atoms with Gasteiger partial charge in [0.15, 0.2) is 5.69 Å². The summed E-state index contributed by atoms with van der Waals surface area (Å²) in [6.07, 6.45) is 3.71. The van der Waals surface area contributed by atoms with Crippen LogP contribution in [0.1, 0.15) is 34.6 Å². The van der Waals surface area contributed by atoms with Crippen molar-refractivity contribution in [3.8, 4) is 11.4 Å². The number of rotatable bonds is 3. The molecule has 1 aliphatic carbocycles. The predicted octanol–water partition coefficient (Wildman–Crippen LogP) is 3.22. The zero-order valence-electron chi connectivity index (χ0n) is 11.6. The molecular weight excluding hydrogens is 336 g/mol. The first-order valence-corrected chi connectivity index (χ1v) is 7.59. The van der Waals surface area contributed by atoms with Crippen LogP contribution in [-0.2, 0) is 12.8 Å². The second kappa shape index (κ2) is 5.52. The van der Waals surface area contributed by atoms with E-state index in [1.807, 2.05) is 18.2 Å². The van der Waals surface area contributed by atoms with Crippen molar-refractivity contribution in [1.82, 2.24) is 9.78 Å². The minimum atomic E-state index is -0.962. The molecule has 0 saturated heterocycles. The third-order valence-corrected chi connectivity index (χ3v) is 4.42. The van der Waals surface area contributed by atoms with Gasteiger partial charge in [-0.1, -0.05) is 0 Å². The number of carbonyl (C=O) groups is 1. The van der Waals surface area contributed by atoms with Gasteiger partial charge >= 0.3 is 5.97 Å². The largest absolute Gasteiger partial charge is 0.495 e. The average molecular weight is 351 g/mol. The first-order valence-electron chi connectivity index (χ1n) is 6.80. The van der Waals surface area contributed by atoms with Crippen molar-refractivity contribution in [2.24, 2.45) is 0 Å². The van der Waals surface area contributed by atoms with Gasteiger partial charge in [0.25, 0.3) is 0 Å². The lowest BCUT2D eigenvalue weighted by Gasteiger charge is -2.14. The number of methoxy groups -OCH3 is 1. The summed E-state index contributed by atoms with van der Waals surface area (Å²) in [5, 5.41) is 13.7. The van der Waals surface area contributed by atoms with E-state index < -0.39 is 5.97 Å². The number of hydrogen-bond donors (Lipinski definition) is 1. The van der Waals surface area contributed by atoms with Gasteiger partial charge in [-0.25, -0.2) is 9.48 Å². The number of carboxylic acid groups (broad SMARTS) is 1. The number of halogens is 1. The van der Waals surface area contributed by atoms with Gasteiger partial charge < -0.3 is 9.84 Å². The van der Waals surface area contributed by atoms with Gasteiger partial charge in [-0.15, -0.1) is 0 Å². The maximum absolute atomic E-state index is 11.4. The molecule has 0 fully saturated rings. The molecule has 0 radical (unpaired) electrons. The Hall–Kier alpha value is -1.82. The molecule has 1 aromatic carbocycles. The summed E-state index contributed by atoms with van der Waals surface area (Å²) in [5.74, 6) is -0.264. The van der Waals surface area contributed by atoms with Crippen molar-refractivity contribution in [3.63, 3.8) is 0 Å². The van der Waals surface area contributed by atoms with Crippen molar-refractivity contribution >= 4 is 21.9 Å². The summed E-state index contributed by atoms with van der Waals surface area (Å²) < 4.78 is 7.90. The molecule has 21 heavy (non-hydrogen) atoms. The van der Waals surface area contributed by atoms with E-state index in [1.165, 1.54) is 0 Å². The molecule has 2 aromatic rings. The van der Waals surface area contributed by atoms with E-state index >= 15 is 0 Å². The molecule has 110 valence electrons. The Morgan fingerprint density at radius 3 is 2.86 bits per heavy atom. The van der Waals surface area contributed by atoms with Gasteiger partial charge in [0.05, 0.1) is 17.3 Å². The summed E-state index contributed by atoms with van der Waals surface area (Å²) in [6, 6.07) is 5.64. The number of ether oxygens (including phenoxy) is 1. The van der Waals surface area contributed by atoms with E-state index in [-0.39, 0.29) is 5.69 Å². The van der Waals surface area contributed by atoms with Crippen LogP contribution in [0.4, 0.5) is 0 Å². The topological polar surface area (TPSA) is 64.4 Å². The van der Waals surface area contributed by atoms with Gasteiger partial charge in [-0.05, 0) is 53.7 Å². The normalized spacial score (nSPS) is 13.8. The zero-order valence-corrected chi connectivity index (χ0v) is 13.2. The van der Waals surface area contributed by atoms with Crippen LogP contribution in [-0.4, -0.2) is 28.0 Å². The number of nitrogens with zero attached hydrogens (tertiary/aromatic N) is 2. The van der Waals surface area contributed by atoms with Gasteiger partial charge in [0.1, 0.15) is 5.75 Å². The highest BCUT2D eigenvalue weighted by molar-refractivity contribution is 9.10. The van der Waals surface area contributed by atoms with Crippen LogP contribution in [0.15, 0.2) is 22.7 Å². The Kier molecular flexibility index (Phi) is 3.71. The van der Waals surface area contributed by atoms with Crippen LogP contribution in [0.25, 0.3) is 5.69 Å². The molecule has 0 bridgehead atoms. The van der Waals surface area contributed by atoms with Crippen LogP contribution < -0.4 is 4.74 Å². The molecule has 1 N–H and O–H groups in total. The van der Waals surface area contributed by atoms with Crippen LogP contribution in [0.3, 0.4) is 0 Å². The van der Waals surface area contributed by atoms with Crippen LogP contribution in [0.5, 0.6) is 5.75 Å². The van der Waals surface area contributed by atoms with Gasteiger partial charge in [0, 0.05) is 17.3 Å². The van der Waals surface area contributed by atoms with Gasteiger partial charge in [-0.2, -0.15) is 5.10 Å². The summed E-state index contributed by atoms with van der Waals surface area (Å²) in [7, 11) is 1.60. The van der Waals surface area contributed by atoms with E-state index in [0.717, 1.165) is 47.1 Å². The van der Waals surface area contributed by atoms with Crippen molar-refractivity contribution in [2.75, 3.05) is 7.11 Å². The smallest absolute Gasteiger partial charge is 0.356 e. The number of hydrogen-bond acceptors (Lipinski definition) is 3. The minimum absolute atomic E-state index is 0.173. The predicted molar refractivity (Wildman–Crippen MR) is 81.4 cm³/mol. The molecule has 0 amide bonds. The van der Waals surface area contributed by atoms with Gasteiger partial charge in [0.2, 0.25) is 0 Å². The molecule has 3 rings (SSSR count). The first-order chi connectivity index (χ1) is 10.1. The molecule has 1 aliphatic rings. The maximum Gasteiger partial charge on any atom is 0.356 e. The highest BCUT2D eigenvalue weighted by Gasteiger charge is 2.25. The Morgan fingerprint density at radius 1 is 1.38 bits per heavy atom. The Labute approximate surface area is 130 Å². The van der Waals surface area contributed by atoms with Crippen molar-refractivity contribution < 1.29 is 14.6 Å². The summed E-state index contributed by atoms with van der Waals surface area (Å²) in [4.78, 5) is 11.4. The quantitative estimate of drug-likeness (QED) is 0.922.